The highest BCUT2D eigenvalue weighted by molar-refractivity contribution is 6.99. The van der Waals surface area contributed by atoms with E-state index in [-0.39, 0.29) is 0 Å². The minimum atomic E-state index is -1.78. The lowest BCUT2D eigenvalue weighted by Crippen LogP contribution is -2.63. The molecule has 110 valence electrons. The Morgan fingerprint density at radius 1 is 0.714 bits per heavy atom. The van der Waals surface area contributed by atoms with Gasteiger partial charge in [0.1, 0.15) is 13.1 Å². The van der Waals surface area contributed by atoms with E-state index in [1.165, 1.54) is 11.1 Å². The Morgan fingerprint density at radius 2 is 1.10 bits per heavy atom. The fraction of sp³-hybridized carbons (Fsp3) is 0.368. The van der Waals surface area contributed by atoms with Crippen LogP contribution in [0.4, 0.5) is 0 Å². The molecule has 0 heterocycles. The van der Waals surface area contributed by atoms with Gasteiger partial charge in [-0.3, -0.25) is 0 Å². The smallest absolute Gasteiger partial charge is 0.140 e. The Hall–Kier alpha value is -0.811. The van der Waals surface area contributed by atoms with Gasteiger partial charge in [0.25, 0.3) is 0 Å². The second-order valence-corrected chi connectivity index (χ2v) is 20.7. The largest absolute Gasteiger partial charge is 0.203 e. The van der Waals surface area contributed by atoms with E-state index >= 15 is 0 Å². The molecule has 0 spiro atoms. The Kier molecular flexibility index (Phi) is 3.30. The van der Waals surface area contributed by atoms with Gasteiger partial charge >= 0.3 is 0 Å². The minimum Gasteiger partial charge on any atom is -0.203 e. The number of hydrogen-bond donors (Lipinski definition) is 0. The number of rotatable bonds is 2. The van der Waals surface area contributed by atoms with Gasteiger partial charge in [0, 0.05) is 8.07 Å². The van der Waals surface area contributed by atoms with Crippen LogP contribution in [0.1, 0.15) is 11.1 Å². The van der Waals surface area contributed by atoms with Crippen LogP contribution >= 0.6 is 0 Å². The van der Waals surface area contributed by atoms with E-state index in [9.17, 15) is 0 Å². The lowest BCUT2D eigenvalue weighted by Gasteiger charge is -2.56. The van der Waals surface area contributed by atoms with Gasteiger partial charge in [-0.15, -0.1) is 3.90 Å². The maximum Gasteiger partial charge on any atom is 0.140 e. The van der Waals surface area contributed by atoms with Crippen LogP contribution in [0.2, 0.25) is 37.0 Å². The standard InChI is InChI=1S/C16H17Si.3CH3.Al/c1-17(2,3)16-14-10-6-4-8-12(14)13-9-5-7-11-15(13)16;;;;/h4-11H,1-3H3;3*1H3;/q;;;;-1. The maximum absolute atomic E-state index is 2.59. The van der Waals surface area contributed by atoms with Gasteiger partial charge in [-0.1, -0.05) is 79.3 Å². The molecule has 3 rings (SSSR count). The van der Waals surface area contributed by atoms with Gasteiger partial charge in [0.05, 0.1) is 0 Å². The highest BCUT2D eigenvalue weighted by Crippen LogP contribution is 2.57. The Bertz CT molecular complexity index is 628. The fourth-order valence-corrected chi connectivity index (χ4v) is 20.1. The lowest BCUT2D eigenvalue weighted by molar-refractivity contribution is 0.952. The third-order valence-electron chi connectivity index (χ3n) is 5.48. The predicted octanol–water partition coefficient (Wildman–Crippen LogP) is 5.71. The van der Waals surface area contributed by atoms with Crippen molar-refractivity contribution in [3.05, 3.63) is 59.7 Å². The van der Waals surface area contributed by atoms with Gasteiger partial charge < -0.3 is 0 Å². The van der Waals surface area contributed by atoms with Crippen LogP contribution < -0.4 is 0 Å². The summed E-state index contributed by atoms with van der Waals surface area (Å²) >= 11 is -1.78. The molecule has 0 amide bonds. The summed E-state index contributed by atoms with van der Waals surface area (Å²) in [6.07, 6.45) is 0. The molecule has 2 aromatic rings. The Balaban J connectivity index is 2.51. The molecule has 2 heteroatoms. The van der Waals surface area contributed by atoms with Crippen molar-refractivity contribution in [3.8, 4) is 11.1 Å². The van der Waals surface area contributed by atoms with Crippen LogP contribution in [0.15, 0.2) is 48.5 Å². The molecule has 0 saturated carbocycles. The topological polar surface area (TPSA) is 0 Å². The molecule has 0 atom stereocenters. The normalized spacial score (nSPS) is 16.5. The molecule has 0 fully saturated rings. The van der Waals surface area contributed by atoms with E-state index in [1.807, 2.05) is 0 Å². The molecule has 0 radical (unpaired) electrons. The fourth-order valence-electron chi connectivity index (χ4n) is 5.31. The molecular formula is C19H26AlSi-. The summed E-state index contributed by atoms with van der Waals surface area (Å²) in [4.78, 5) is 0. The molecule has 0 bridgehead atoms. The summed E-state index contributed by atoms with van der Waals surface area (Å²) < 4.78 is 0.340. The van der Waals surface area contributed by atoms with E-state index < -0.39 is 21.2 Å². The summed E-state index contributed by atoms with van der Waals surface area (Å²) in [6, 6.07) is 18.4. The summed E-state index contributed by atoms with van der Waals surface area (Å²) in [5.41, 5.74) is 6.24. The molecule has 1 aliphatic carbocycles. The molecule has 21 heavy (non-hydrogen) atoms. The van der Waals surface area contributed by atoms with Crippen molar-refractivity contribution in [2.75, 3.05) is 0 Å². The van der Waals surface area contributed by atoms with Crippen molar-refractivity contribution in [3.63, 3.8) is 0 Å². The zero-order chi connectivity index (χ0) is 15.5. The van der Waals surface area contributed by atoms with E-state index in [2.05, 4.69) is 85.5 Å². The van der Waals surface area contributed by atoms with Crippen molar-refractivity contribution in [2.45, 2.75) is 40.9 Å². The third kappa shape index (κ3) is 1.86. The maximum atomic E-state index is 2.59. The van der Waals surface area contributed by atoms with E-state index in [4.69, 9.17) is 0 Å². The van der Waals surface area contributed by atoms with E-state index in [0.29, 0.717) is 3.90 Å². The van der Waals surface area contributed by atoms with Gasteiger partial charge in [0.2, 0.25) is 0 Å². The average Bonchev–Trinajstić information content (AvgIpc) is 2.69. The zero-order valence-corrected chi connectivity index (χ0v) is 16.4. The van der Waals surface area contributed by atoms with E-state index in [0.717, 1.165) is 0 Å². The first-order chi connectivity index (χ1) is 9.71. The predicted molar refractivity (Wildman–Crippen MR) is 99.4 cm³/mol. The van der Waals surface area contributed by atoms with Crippen molar-refractivity contribution in [2.24, 2.45) is 0 Å². The van der Waals surface area contributed by atoms with Crippen LogP contribution in [0, 0.1) is 0 Å². The first kappa shape index (κ1) is 15.1. The van der Waals surface area contributed by atoms with Gasteiger partial charge in [-0.2, -0.15) is 0 Å². The van der Waals surface area contributed by atoms with Crippen LogP contribution in [-0.4, -0.2) is 21.2 Å². The van der Waals surface area contributed by atoms with Gasteiger partial charge in [0.15, 0.2) is 0 Å². The lowest BCUT2D eigenvalue weighted by atomic mass is 10.1. The second kappa shape index (κ2) is 4.59. The minimum absolute atomic E-state index is 0.340. The first-order valence-corrected chi connectivity index (χ1v) is 15.7. The number of fused-ring (bicyclic) bond motifs is 3. The summed E-state index contributed by atoms with van der Waals surface area (Å²) in [6.45, 7) is 7.70. The molecule has 2 aromatic carbocycles. The highest BCUT2D eigenvalue weighted by Gasteiger charge is 2.54. The number of hydrogen-bond acceptors (Lipinski definition) is 0. The molecule has 0 N–H and O–H groups in total. The first-order valence-electron chi connectivity index (χ1n) is 8.18. The van der Waals surface area contributed by atoms with Crippen molar-refractivity contribution in [1.29, 1.82) is 0 Å². The summed E-state index contributed by atoms with van der Waals surface area (Å²) in [5, 5.41) is 0. The quantitative estimate of drug-likeness (QED) is 0.623. The van der Waals surface area contributed by atoms with Crippen molar-refractivity contribution in [1.82, 2.24) is 0 Å². The monoisotopic (exact) mass is 309 g/mol. The Morgan fingerprint density at radius 3 is 1.43 bits per heavy atom. The molecule has 0 saturated heterocycles. The third-order valence-corrected chi connectivity index (χ3v) is 16.8. The number of benzene rings is 2. The highest BCUT2D eigenvalue weighted by atomic mass is 28.3. The molecule has 0 aromatic heterocycles. The van der Waals surface area contributed by atoms with Crippen LogP contribution in [0.3, 0.4) is 0 Å². The SMILES string of the molecule is [CH3][Al-]([CH3])([CH3])[C]1([Si](C)(C)C)c2ccccc2-c2ccccc21. The van der Waals surface area contributed by atoms with Crippen LogP contribution in [-0.2, 0) is 3.90 Å². The van der Waals surface area contributed by atoms with Crippen LogP contribution in [0.5, 0.6) is 0 Å². The van der Waals surface area contributed by atoms with Crippen LogP contribution in [0.25, 0.3) is 11.1 Å². The summed E-state index contributed by atoms with van der Waals surface area (Å²) in [5.74, 6) is 7.76. The molecule has 0 aliphatic heterocycles. The van der Waals surface area contributed by atoms with Crippen molar-refractivity contribution < 1.29 is 0 Å². The summed E-state index contributed by atoms with van der Waals surface area (Å²) in [7, 11) is -1.44. The zero-order valence-electron chi connectivity index (χ0n) is 14.2. The molecule has 0 nitrogen and oxygen atoms in total. The van der Waals surface area contributed by atoms with Gasteiger partial charge in [-0.05, 0) is 11.1 Å². The Labute approximate surface area is 132 Å². The second-order valence-electron chi connectivity index (χ2n) is 8.75. The van der Waals surface area contributed by atoms with E-state index in [1.54, 1.807) is 11.1 Å². The molecular weight excluding hydrogens is 283 g/mol. The average molecular weight is 309 g/mol. The molecule has 1 aliphatic rings. The van der Waals surface area contributed by atoms with Crippen molar-refractivity contribution >= 4 is 21.2 Å². The van der Waals surface area contributed by atoms with Gasteiger partial charge in [-0.25, -0.2) is 17.4 Å². The molecule has 0 unspecified atom stereocenters.